The molecule has 1 atom stereocenters. The lowest BCUT2D eigenvalue weighted by Gasteiger charge is -2.15. The van der Waals surface area contributed by atoms with Crippen LogP contribution in [0, 0.1) is 0 Å². The quantitative estimate of drug-likeness (QED) is 0.643. The number of hydrazine groups is 1. The number of ether oxygens (including phenoxy) is 1. The summed E-state index contributed by atoms with van der Waals surface area (Å²) in [6.45, 7) is 1.59. The van der Waals surface area contributed by atoms with Crippen LogP contribution in [0.25, 0.3) is 10.9 Å². The first kappa shape index (κ1) is 17.9. The molecule has 0 spiro atoms. The number of benzene rings is 2. The van der Waals surface area contributed by atoms with E-state index < -0.39 is 17.9 Å². The lowest BCUT2D eigenvalue weighted by atomic mass is 10.2. The van der Waals surface area contributed by atoms with E-state index in [2.05, 4.69) is 31.8 Å². The van der Waals surface area contributed by atoms with E-state index in [1.165, 1.54) is 0 Å². The van der Waals surface area contributed by atoms with Gasteiger partial charge in [-0.25, -0.2) is 4.98 Å². The SMILES string of the molecule is C[C@@H](Oc1cccc(Br)c1)C(=O)NNC(=O)c1ccc2ccccc2n1. The molecule has 0 fully saturated rings. The lowest BCUT2D eigenvalue weighted by molar-refractivity contribution is -0.128. The second kappa shape index (κ2) is 7.97. The molecule has 2 N–H and O–H groups in total. The molecule has 6 nitrogen and oxygen atoms in total. The zero-order valence-electron chi connectivity index (χ0n) is 13.9. The van der Waals surface area contributed by atoms with Gasteiger partial charge in [0.1, 0.15) is 11.4 Å². The summed E-state index contributed by atoms with van der Waals surface area (Å²) < 4.78 is 6.39. The van der Waals surface area contributed by atoms with Crippen molar-refractivity contribution in [2.45, 2.75) is 13.0 Å². The van der Waals surface area contributed by atoms with Gasteiger partial charge in [0.15, 0.2) is 6.10 Å². The second-order valence-electron chi connectivity index (χ2n) is 5.55. The predicted octanol–water partition coefficient (Wildman–Crippen LogP) is 3.23. The first-order chi connectivity index (χ1) is 12.5. The van der Waals surface area contributed by atoms with Gasteiger partial charge in [-0.1, -0.05) is 46.3 Å². The number of aromatic nitrogens is 1. The van der Waals surface area contributed by atoms with Gasteiger partial charge in [-0.3, -0.25) is 20.4 Å². The Hall–Kier alpha value is -2.93. The Kier molecular flexibility index (Phi) is 5.48. The van der Waals surface area contributed by atoms with Crippen molar-refractivity contribution < 1.29 is 14.3 Å². The number of rotatable bonds is 4. The zero-order valence-corrected chi connectivity index (χ0v) is 15.5. The number of amides is 2. The molecule has 0 aliphatic carbocycles. The fourth-order valence-corrected chi connectivity index (χ4v) is 2.65. The number of pyridine rings is 1. The van der Waals surface area contributed by atoms with E-state index >= 15 is 0 Å². The van der Waals surface area contributed by atoms with Crippen molar-refractivity contribution in [1.82, 2.24) is 15.8 Å². The van der Waals surface area contributed by atoms with Crippen LogP contribution in [-0.4, -0.2) is 22.9 Å². The van der Waals surface area contributed by atoms with Crippen molar-refractivity contribution in [3.05, 3.63) is 70.8 Å². The van der Waals surface area contributed by atoms with Crippen LogP contribution in [0.15, 0.2) is 65.1 Å². The first-order valence-electron chi connectivity index (χ1n) is 7.91. The number of hydrogen-bond acceptors (Lipinski definition) is 4. The summed E-state index contributed by atoms with van der Waals surface area (Å²) in [5, 5.41) is 0.934. The molecule has 3 rings (SSSR count). The summed E-state index contributed by atoms with van der Waals surface area (Å²) >= 11 is 3.34. The maximum absolute atomic E-state index is 12.2. The summed E-state index contributed by atoms with van der Waals surface area (Å²) in [4.78, 5) is 28.6. The van der Waals surface area contributed by atoms with Gasteiger partial charge in [-0.2, -0.15) is 0 Å². The molecule has 1 aromatic heterocycles. The average Bonchev–Trinajstić information content (AvgIpc) is 2.65. The Morgan fingerprint density at radius 1 is 1.04 bits per heavy atom. The molecular formula is C19H16BrN3O3. The van der Waals surface area contributed by atoms with Crippen LogP contribution in [0.4, 0.5) is 0 Å². The maximum atomic E-state index is 12.2. The number of nitrogens with one attached hydrogen (secondary N) is 2. The lowest BCUT2D eigenvalue weighted by Crippen LogP contribution is -2.47. The standard InChI is InChI=1S/C19H16BrN3O3/c1-12(26-15-7-4-6-14(20)11-15)18(24)22-23-19(25)17-10-9-13-5-2-3-8-16(13)21-17/h2-12H,1H3,(H,22,24)(H,23,25)/t12-/m1/s1. The molecule has 26 heavy (non-hydrogen) atoms. The topological polar surface area (TPSA) is 80.3 Å². The fourth-order valence-electron chi connectivity index (χ4n) is 2.27. The molecule has 0 saturated heterocycles. The fraction of sp³-hybridized carbons (Fsp3) is 0.105. The number of carbonyl (C=O) groups excluding carboxylic acids is 2. The van der Waals surface area contributed by atoms with E-state index in [9.17, 15) is 9.59 Å². The number of para-hydroxylation sites is 1. The van der Waals surface area contributed by atoms with E-state index in [4.69, 9.17) is 4.74 Å². The third-order valence-corrected chi connectivity index (χ3v) is 4.10. The molecule has 2 amide bonds. The Labute approximate surface area is 158 Å². The minimum Gasteiger partial charge on any atom is -0.481 e. The van der Waals surface area contributed by atoms with Crippen LogP contribution in [-0.2, 0) is 4.79 Å². The van der Waals surface area contributed by atoms with Gasteiger partial charge in [0, 0.05) is 9.86 Å². The summed E-state index contributed by atoms with van der Waals surface area (Å²) in [6.07, 6.45) is -0.783. The maximum Gasteiger partial charge on any atom is 0.288 e. The number of halogens is 1. The number of carbonyl (C=O) groups is 2. The zero-order chi connectivity index (χ0) is 18.5. The number of hydrogen-bond donors (Lipinski definition) is 2. The summed E-state index contributed by atoms with van der Waals surface area (Å²) in [5.74, 6) is -0.428. The van der Waals surface area contributed by atoms with Gasteiger partial charge >= 0.3 is 0 Å². The summed E-state index contributed by atoms with van der Waals surface area (Å²) in [7, 11) is 0. The van der Waals surface area contributed by atoms with Crippen molar-refractivity contribution >= 4 is 38.6 Å². The van der Waals surface area contributed by atoms with E-state index in [-0.39, 0.29) is 5.69 Å². The van der Waals surface area contributed by atoms with E-state index in [0.29, 0.717) is 11.3 Å². The Balaban J connectivity index is 1.58. The first-order valence-corrected chi connectivity index (χ1v) is 8.70. The average molecular weight is 414 g/mol. The van der Waals surface area contributed by atoms with Crippen molar-refractivity contribution in [2.75, 3.05) is 0 Å². The van der Waals surface area contributed by atoms with Crippen molar-refractivity contribution in [1.29, 1.82) is 0 Å². The van der Waals surface area contributed by atoms with Crippen molar-refractivity contribution in [3.8, 4) is 5.75 Å². The third-order valence-electron chi connectivity index (χ3n) is 3.61. The van der Waals surface area contributed by atoms with Crippen LogP contribution in [0.5, 0.6) is 5.75 Å². The molecule has 0 bridgehead atoms. The monoisotopic (exact) mass is 413 g/mol. The van der Waals surface area contributed by atoms with Crippen LogP contribution in [0.1, 0.15) is 17.4 Å². The highest BCUT2D eigenvalue weighted by Gasteiger charge is 2.16. The van der Waals surface area contributed by atoms with Crippen LogP contribution in [0.2, 0.25) is 0 Å². The smallest absolute Gasteiger partial charge is 0.288 e. The van der Waals surface area contributed by atoms with Gasteiger partial charge in [-0.15, -0.1) is 0 Å². The van der Waals surface area contributed by atoms with Gasteiger partial charge in [0.2, 0.25) is 0 Å². The Morgan fingerprint density at radius 3 is 2.65 bits per heavy atom. The highest BCUT2D eigenvalue weighted by atomic mass is 79.9. The molecule has 7 heteroatoms. The summed E-state index contributed by atoms with van der Waals surface area (Å²) in [6, 6.07) is 18.0. The van der Waals surface area contributed by atoms with Gasteiger partial charge in [-0.05, 0) is 37.3 Å². The summed E-state index contributed by atoms with van der Waals surface area (Å²) in [5.41, 5.74) is 5.62. The van der Waals surface area contributed by atoms with Crippen LogP contribution < -0.4 is 15.6 Å². The normalized spacial score (nSPS) is 11.6. The molecule has 0 unspecified atom stereocenters. The molecule has 1 heterocycles. The number of nitrogens with zero attached hydrogens (tertiary/aromatic N) is 1. The second-order valence-corrected chi connectivity index (χ2v) is 6.47. The Morgan fingerprint density at radius 2 is 1.85 bits per heavy atom. The highest BCUT2D eigenvalue weighted by molar-refractivity contribution is 9.10. The van der Waals surface area contributed by atoms with Gasteiger partial charge in [0.25, 0.3) is 11.8 Å². The number of fused-ring (bicyclic) bond motifs is 1. The minimum atomic E-state index is -0.783. The molecule has 0 radical (unpaired) electrons. The van der Waals surface area contributed by atoms with Gasteiger partial charge in [0.05, 0.1) is 5.52 Å². The third kappa shape index (κ3) is 4.37. The molecule has 132 valence electrons. The van der Waals surface area contributed by atoms with Gasteiger partial charge < -0.3 is 4.74 Å². The van der Waals surface area contributed by atoms with E-state index in [1.807, 2.05) is 30.3 Å². The Bertz CT molecular complexity index is 961. The molecular weight excluding hydrogens is 398 g/mol. The molecule has 2 aromatic carbocycles. The molecule has 0 saturated carbocycles. The molecule has 3 aromatic rings. The molecule has 0 aliphatic rings. The van der Waals surface area contributed by atoms with Crippen molar-refractivity contribution in [2.24, 2.45) is 0 Å². The highest BCUT2D eigenvalue weighted by Crippen LogP contribution is 2.18. The van der Waals surface area contributed by atoms with E-state index in [0.717, 1.165) is 9.86 Å². The predicted molar refractivity (Wildman–Crippen MR) is 102 cm³/mol. The van der Waals surface area contributed by atoms with Crippen LogP contribution in [0.3, 0.4) is 0 Å². The van der Waals surface area contributed by atoms with Crippen molar-refractivity contribution in [3.63, 3.8) is 0 Å². The van der Waals surface area contributed by atoms with E-state index in [1.54, 1.807) is 37.3 Å². The van der Waals surface area contributed by atoms with Crippen LogP contribution >= 0.6 is 15.9 Å². The minimum absolute atomic E-state index is 0.213. The molecule has 0 aliphatic heterocycles. The largest absolute Gasteiger partial charge is 0.481 e.